The molecule has 1 aromatic carbocycles. The number of aromatic nitrogens is 1. The van der Waals surface area contributed by atoms with E-state index in [1.165, 1.54) is 0 Å². The molecule has 1 aromatic heterocycles. The number of carbonyl (C=O) groups is 3. The lowest BCUT2D eigenvalue weighted by Gasteiger charge is -2.58. The van der Waals surface area contributed by atoms with Crippen molar-refractivity contribution >= 4 is 17.8 Å². The first-order chi connectivity index (χ1) is 19.4. The minimum Gasteiger partial charge on any atom is -0.475 e. The predicted octanol–water partition coefficient (Wildman–Crippen LogP) is 4.41. The molecule has 42 heavy (non-hydrogen) atoms. The summed E-state index contributed by atoms with van der Waals surface area (Å²) in [6.45, 7) is 6.15. The summed E-state index contributed by atoms with van der Waals surface area (Å²) in [6, 6.07) is 11.9. The topological polar surface area (TPSA) is 120 Å². The van der Waals surface area contributed by atoms with E-state index in [-0.39, 0.29) is 11.4 Å². The van der Waals surface area contributed by atoms with E-state index in [1.807, 2.05) is 48.2 Å². The average molecular weight is 608 g/mol. The summed E-state index contributed by atoms with van der Waals surface area (Å²) in [5.74, 6) is -4.81. The Morgan fingerprint density at radius 1 is 1.00 bits per heavy atom. The third-order valence-corrected chi connectivity index (χ3v) is 6.73. The fourth-order valence-corrected chi connectivity index (χ4v) is 4.51. The molecule has 1 spiro atoms. The number of carbonyl (C=O) groups excluding carboxylic acids is 1. The van der Waals surface area contributed by atoms with Crippen LogP contribution >= 0.6 is 0 Å². The van der Waals surface area contributed by atoms with Crippen LogP contribution in [-0.4, -0.2) is 94.0 Å². The van der Waals surface area contributed by atoms with Gasteiger partial charge in [-0.3, -0.25) is 14.7 Å². The van der Waals surface area contributed by atoms with Crippen LogP contribution in [0.15, 0.2) is 48.8 Å². The Bertz CT molecular complexity index is 1180. The highest BCUT2D eigenvalue weighted by Gasteiger charge is 2.51. The van der Waals surface area contributed by atoms with Gasteiger partial charge in [-0.25, -0.2) is 9.59 Å². The quantitative estimate of drug-likeness (QED) is 0.480. The Morgan fingerprint density at radius 2 is 1.55 bits per heavy atom. The van der Waals surface area contributed by atoms with Crippen LogP contribution in [0.4, 0.5) is 26.3 Å². The largest absolute Gasteiger partial charge is 0.490 e. The smallest absolute Gasteiger partial charge is 0.475 e. The number of rotatable bonds is 5. The van der Waals surface area contributed by atoms with E-state index in [1.54, 1.807) is 12.4 Å². The molecule has 2 aliphatic rings. The molecule has 0 saturated carbocycles. The summed E-state index contributed by atoms with van der Waals surface area (Å²) in [5.41, 5.74) is 3.20. The summed E-state index contributed by atoms with van der Waals surface area (Å²) in [7, 11) is 2.20. The van der Waals surface area contributed by atoms with Gasteiger partial charge < -0.3 is 19.8 Å². The summed E-state index contributed by atoms with van der Waals surface area (Å²) in [4.78, 5) is 39.1. The molecular formula is C27H31F6N3O6. The highest BCUT2D eigenvalue weighted by atomic mass is 19.4. The zero-order valence-corrected chi connectivity index (χ0v) is 22.8. The van der Waals surface area contributed by atoms with Crippen LogP contribution in [0.1, 0.15) is 34.3 Å². The number of alkyl halides is 6. The highest BCUT2D eigenvalue weighted by molar-refractivity contribution is 5.95. The lowest BCUT2D eigenvalue weighted by Crippen LogP contribution is -2.72. The Labute approximate surface area is 237 Å². The van der Waals surface area contributed by atoms with Gasteiger partial charge in [0.15, 0.2) is 0 Å². The molecule has 4 rings (SSSR count). The maximum absolute atomic E-state index is 12.8. The number of likely N-dealkylation sites (tertiary alicyclic amines) is 2. The number of hydrogen-bond acceptors (Lipinski definition) is 6. The van der Waals surface area contributed by atoms with E-state index in [2.05, 4.69) is 16.9 Å². The Morgan fingerprint density at radius 3 is 2.05 bits per heavy atom. The number of nitrogens with zero attached hydrogens (tertiary/aromatic N) is 3. The number of likely N-dealkylation sites (N-methyl/N-ethyl adjacent to an activating group) is 1. The van der Waals surface area contributed by atoms with Crippen molar-refractivity contribution in [3.05, 3.63) is 65.5 Å². The van der Waals surface area contributed by atoms with Gasteiger partial charge in [0, 0.05) is 37.7 Å². The molecule has 2 aliphatic heterocycles. The molecule has 0 bridgehead atoms. The number of amides is 1. The maximum Gasteiger partial charge on any atom is 0.490 e. The molecule has 1 unspecified atom stereocenters. The van der Waals surface area contributed by atoms with Gasteiger partial charge in [-0.05, 0) is 69.1 Å². The lowest BCUT2D eigenvalue weighted by molar-refractivity contribution is -0.193. The first-order valence-corrected chi connectivity index (χ1v) is 12.6. The van der Waals surface area contributed by atoms with Crippen LogP contribution in [-0.2, 0) is 20.9 Å². The molecule has 0 radical (unpaired) electrons. The van der Waals surface area contributed by atoms with Crippen molar-refractivity contribution in [1.29, 1.82) is 0 Å². The average Bonchev–Trinajstić information content (AvgIpc) is 2.88. The van der Waals surface area contributed by atoms with Gasteiger partial charge in [-0.15, -0.1) is 0 Å². The van der Waals surface area contributed by atoms with Crippen LogP contribution < -0.4 is 0 Å². The zero-order chi connectivity index (χ0) is 31.7. The number of piperidine rings is 1. The first-order valence-electron chi connectivity index (χ1n) is 12.6. The SMILES string of the molecule is Cc1cccc(C(=O)N2CC3(CC(COCc4ccncc4)CCN3C)C2)c1.O=C(O)C(F)(F)F.O=C(O)C(F)(F)F. The van der Waals surface area contributed by atoms with Crippen LogP contribution in [0.2, 0.25) is 0 Å². The van der Waals surface area contributed by atoms with Gasteiger partial charge in [0.2, 0.25) is 0 Å². The number of benzene rings is 1. The molecule has 15 heteroatoms. The van der Waals surface area contributed by atoms with Gasteiger partial charge >= 0.3 is 24.3 Å². The summed E-state index contributed by atoms with van der Waals surface area (Å²) >= 11 is 0. The number of ether oxygens (including phenoxy) is 1. The summed E-state index contributed by atoms with van der Waals surface area (Å²) in [6.07, 6.45) is -4.31. The molecular weight excluding hydrogens is 576 g/mol. The van der Waals surface area contributed by atoms with Crippen molar-refractivity contribution in [3.63, 3.8) is 0 Å². The van der Waals surface area contributed by atoms with Gasteiger partial charge in [0.05, 0.1) is 12.1 Å². The second kappa shape index (κ2) is 14.4. The van der Waals surface area contributed by atoms with Crippen LogP contribution in [0, 0.1) is 12.8 Å². The standard InChI is InChI=1S/C23H29N3O2.2C2HF3O2/c1-18-4-3-5-21(12-18)22(27)26-16-23(17-26)13-20(8-11-25(23)2)15-28-14-19-6-9-24-10-7-19;2*3-2(4,5)1(6)7/h3-7,9-10,12,20H,8,11,13-17H2,1-2H3;2*(H,6,7). The summed E-state index contributed by atoms with van der Waals surface area (Å²) in [5, 5.41) is 14.2. The molecule has 2 N–H and O–H groups in total. The van der Waals surface area contributed by atoms with Crippen molar-refractivity contribution in [2.24, 2.45) is 5.92 Å². The summed E-state index contributed by atoms with van der Waals surface area (Å²) < 4.78 is 69.5. The van der Waals surface area contributed by atoms with Gasteiger partial charge in [-0.1, -0.05) is 17.7 Å². The minimum atomic E-state index is -5.08. The van der Waals surface area contributed by atoms with E-state index in [0.717, 1.165) is 55.8 Å². The number of carboxylic acids is 2. The zero-order valence-electron chi connectivity index (χ0n) is 22.8. The predicted molar refractivity (Wildman–Crippen MR) is 136 cm³/mol. The van der Waals surface area contributed by atoms with Crippen LogP contribution in [0.5, 0.6) is 0 Å². The van der Waals surface area contributed by atoms with Crippen LogP contribution in [0.3, 0.4) is 0 Å². The monoisotopic (exact) mass is 607 g/mol. The normalized spacial score (nSPS) is 18.1. The number of aryl methyl sites for hydroxylation is 1. The van der Waals surface area contributed by atoms with Crippen molar-refractivity contribution in [2.45, 2.75) is 44.3 Å². The number of halogens is 6. The second-order valence-corrected chi connectivity index (χ2v) is 10.0. The lowest BCUT2D eigenvalue weighted by atomic mass is 9.75. The third-order valence-electron chi connectivity index (χ3n) is 6.73. The van der Waals surface area contributed by atoms with E-state index in [9.17, 15) is 31.1 Å². The second-order valence-electron chi connectivity index (χ2n) is 10.0. The van der Waals surface area contributed by atoms with E-state index in [4.69, 9.17) is 24.5 Å². The third kappa shape index (κ3) is 10.3. The fourth-order valence-electron chi connectivity index (χ4n) is 4.51. The van der Waals surface area contributed by atoms with E-state index < -0.39 is 24.3 Å². The number of carboxylic acid groups (broad SMARTS) is 2. The van der Waals surface area contributed by atoms with Crippen molar-refractivity contribution in [1.82, 2.24) is 14.8 Å². The molecule has 2 fully saturated rings. The van der Waals surface area contributed by atoms with Gasteiger partial charge in [-0.2, -0.15) is 26.3 Å². The Kier molecular flexibility index (Phi) is 11.9. The van der Waals surface area contributed by atoms with Crippen LogP contribution in [0.25, 0.3) is 0 Å². The molecule has 2 saturated heterocycles. The highest BCUT2D eigenvalue weighted by Crippen LogP contribution is 2.39. The Hall–Kier alpha value is -3.72. The van der Waals surface area contributed by atoms with E-state index in [0.29, 0.717) is 12.5 Å². The van der Waals surface area contributed by atoms with E-state index >= 15 is 0 Å². The molecule has 0 aliphatic carbocycles. The Balaban J connectivity index is 0.000000367. The number of aliphatic carboxylic acids is 2. The molecule has 2 aromatic rings. The van der Waals surface area contributed by atoms with Gasteiger partial charge in [0.25, 0.3) is 5.91 Å². The molecule has 1 atom stereocenters. The van der Waals surface area contributed by atoms with Crippen molar-refractivity contribution < 1.29 is 55.7 Å². The molecule has 3 heterocycles. The molecule has 1 amide bonds. The fraction of sp³-hybridized carbons (Fsp3) is 0.481. The maximum atomic E-state index is 12.8. The van der Waals surface area contributed by atoms with Gasteiger partial charge in [0.1, 0.15) is 0 Å². The van der Waals surface area contributed by atoms with Crippen molar-refractivity contribution in [2.75, 3.05) is 33.3 Å². The minimum absolute atomic E-state index is 0.114. The van der Waals surface area contributed by atoms with Crippen molar-refractivity contribution in [3.8, 4) is 0 Å². The first kappa shape index (κ1) is 34.5. The number of hydrogen-bond donors (Lipinski definition) is 2. The molecule has 9 nitrogen and oxygen atoms in total. The molecule has 232 valence electrons. The number of pyridine rings is 1.